The van der Waals surface area contributed by atoms with Crippen LogP contribution in [0.25, 0.3) is 0 Å². The number of hydrogen-bond donors (Lipinski definition) is 1. The van der Waals surface area contributed by atoms with Gasteiger partial charge in [-0.2, -0.15) is 0 Å². The number of carbonyl (C=O) groups excluding carboxylic acids is 1. The van der Waals surface area contributed by atoms with Crippen LogP contribution < -0.4 is 15.0 Å². The van der Waals surface area contributed by atoms with Crippen LogP contribution >= 0.6 is 0 Å². The molecule has 2 amide bonds. The highest BCUT2D eigenvalue weighted by Crippen LogP contribution is 2.42. The Morgan fingerprint density at radius 3 is 2.43 bits per heavy atom. The minimum Gasteiger partial charge on any atom is -0.489 e. The Hall–Kier alpha value is -2.68. The van der Waals surface area contributed by atoms with E-state index in [0.717, 1.165) is 55.6 Å². The Kier molecular flexibility index (Phi) is 8.26. The maximum absolute atomic E-state index is 14.5. The van der Waals surface area contributed by atoms with Gasteiger partial charge in [-0.3, -0.25) is 4.90 Å². The summed E-state index contributed by atoms with van der Waals surface area (Å²) in [5, 5.41) is 3.26. The molecule has 7 nitrogen and oxygen atoms in total. The second-order valence-corrected chi connectivity index (χ2v) is 9.34. The van der Waals surface area contributed by atoms with Crippen molar-refractivity contribution in [2.75, 3.05) is 52.3 Å². The molecule has 0 radical (unpaired) electrons. The molecule has 4 rings (SSSR count). The van der Waals surface area contributed by atoms with Crippen LogP contribution in [-0.4, -0.2) is 64.5 Å². The molecule has 2 aromatic carbocycles. The molecule has 35 heavy (non-hydrogen) atoms. The van der Waals surface area contributed by atoms with Crippen molar-refractivity contribution < 1.29 is 23.4 Å². The van der Waals surface area contributed by atoms with Crippen LogP contribution in [0.3, 0.4) is 0 Å². The van der Waals surface area contributed by atoms with Gasteiger partial charge < -0.3 is 24.4 Å². The molecular formula is C27H36FN3O4. The summed E-state index contributed by atoms with van der Waals surface area (Å²) in [5.41, 5.74) is 2.02. The van der Waals surface area contributed by atoms with Crippen molar-refractivity contribution in [1.82, 2.24) is 10.2 Å². The third-order valence-electron chi connectivity index (χ3n) is 7.27. The van der Waals surface area contributed by atoms with Crippen molar-refractivity contribution in [3.8, 4) is 5.75 Å². The minimum atomic E-state index is -0.529. The van der Waals surface area contributed by atoms with Gasteiger partial charge in [0.1, 0.15) is 18.2 Å². The Bertz CT molecular complexity index is 986. The highest BCUT2D eigenvalue weighted by atomic mass is 19.1. The van der Waals surface area contributed by atoms with Crippen molar-refractivity contribution in [2.45, 2.75) is 44.0 Å². The van der Waals surface area contributed by atoms with E-state index in [-0.39, 0.29) is 18.0 Å². The van der Waals surface area contributed by atoms with E-state index < -0.39 is 5.60 Å². The normalized spacial score (nSPS) is 22.6. The topological polar surface area (TPSA) is 63.3 Å². The van der Waals surface area contributed by atoms with Gasteiger partial charge in [-0.15, -0.1) is 0 Å². The van der Waals surface area contributed by atoms with E-state index in [1.807, 2.05) is 35.2 Å². The lowest BCUT2D eigenvalue weighted by Gasteiger charge is -2.39. The van der Waals surface area contributed by atoms with Crippen molar-refractivity contribution >= 4 is 11.7 Å². The summed E-state index contributed by atoms with van der Waals surface area (Å²) in [6.07, 6.45) is 3.50. The van der Waals surface area contributed by atoms with Crippen LogP contribution in [0, 0.1) is 5.82 Å². The van der Waals surface area contributed by atoms with Gasteiger partial charge in [-0.1, -0.05) is 12.1 Å². The molecule has 2 aromatic rings. The number of anilines is 1. The van der Waals surface area contributed by atoms with Crippen molar-refractivity contribution in [2.24, 2.45) is 0 Å². The first-order valence-corrected chi connectivity index (χ1v) is 12.3. The molecule has 2 fully saturated rings. The Morgan fingerprint density at radius 2 is 1.80 bits per heavy atom. The van der Waals surface area contributed by atoms with Crippen LogP contribution in [-0.2, 0) is 21.7 Å². The number of nitrogens with zero attached hydrogens (tertiary/aromatic N) is 2. The van der Waals surface area contributed by atoms with Gasteiger partial charge >= 0.3 is 6.03 Å². The monoisotopic (exact) mass is 485 g/mol. The summed E-state index contributed by atoms with van der Waals surface area (Å²) in [6.45, 7) is 3.35. The fourth-order valence-electron chi connectivity index (χ4n) is 4.97. The Labute approximate surface area is 207 Å². The third-order valence-corrected chi connectivity index (χ3v) is 7.27. The summed E-state index contributed by atoms with van der Waals surface area (Å²) in [5.74, 6) is 0.131. The number of rotatable bonds is 7. The predicted octanol–water partition coefficient (Wildman–Crippen LogP) is 4.30. The molecule has 0 spiro atoms. The smallest absolute Gasteiger partial charge is 0.324 e. The summed E-state index contributed by atoms with van der Waals surface area (Å²) in [4.78, 5) is 16.2. The van der Waals surface area contributed by atoms with E-state index in [9.17, 15) is 9.18 Å². The quantitative estimate of drug-likeness (QED) is 0.634. The number of urea groups is 1. The molecule has 190 valence electrons. The largest absolute Gasteiger partial charge is 0.489 e. The molecular weight excluding hydrogens is 449 g/mol. The van der Waals surface area contributed by atoms with Crippen molar-refractivity contribution in [3.05, 3.63) is 59.4 Å². The van der Waals surface area contributed by atoms with E-state index >= 15 is 0 Å². The molecule has 1 saturated carbocycles. The van der Waals surface area contributed by atoms with Gasteiger partial charge in [0.2, 0.25) is 0 Å². The highest BCUT2D eigenvalue weighted by Gasteiger charge is 2.37. The van der Waals surface area contributed by atoms with E-state index in [0.29, 0.717) is 25.4 Å². The van der Waals surface area contributed by atoms with Gasteiger partial charge in [-0.05, 0) is 61.1 Å². The van der Waals surface area contributed by atoms with E-state index in [1.165, 1.54) is 6.07 Å². The van der Waals surface area contributed by atoms with Crippen LogP contribution in [0.15, 0.2) is 42.5 Å². The average Bonchev–Trinajstić information content (AvgIpc) is 2.91. The first-order chi connectivity index (χ1) is 16.9. The molecule has 1 saturated heterocycles. The fraction of sp³-hybridized carbons (Fsp3) is 0.519. The Balaban J connectivity index is 1.39. The molecule has 1 aliphatic heterocycles. The molecule has 8 heteroatoms. The number of halogens is 1. The number of piperazine rings is 1. The Morgan fingerprint density at radius 1 is 1.11 bits per heavy atom. The maximum atomic E-state index is 14.5. The van der Waals surface area contributed by atoms with Crippen LogP contribution in [0.1, 0.15) is 36.8 Å². The minimum absolute atomic E-state index is 0.00519. The van der Waals surface area contributed by atoms with Gasteiger partial charge in [-0.25, -0.2) is 9.18 Å². The molecule has 0 atom stereocenters. The summed E-state index contributed by atoms with van der Waals surface area (Å²) >= 11 is 0. The molecule has 2 aliphatic rings. The number of methoxy groups -OCH3 is 2. The first kappa shape index (κ1) is 25.4. The van der Waals surface area contributed by atoms with Gasteiger partial charge in [0.15, 0.2) is 0 Å². The summed E-state index contributed by atoms with van der Waals surface area (Å²) in [7, 11) is 5.20. The number of carbonyl (C=O) groups is 1. The standard InChI is InChI=1S/C27H36FN3O4/c1-30(26(32)31-14-12-29-13-15-31)23-6-4-20(5-7-23)19-35-25-17-21(16-22(28)18-25)27(34-3)10-8-24(33-2)9-11-27/h4-7,16-18,24,29H,8-15,19H2,1-3H3. The van der Waals surface area contributed by atoms with Gasteiger partial charge in [0, 0.05) is 59.2 Å². The van der Waals surface area contributed by atoms with Crippen LogP contribution in [0.4, 0.5) is 14.9 Å². The maximum Gasteiger partial charge on any atom is 0.324 e. The molecule has 1 aliphatic carbocycles. The van der Waals surface area contributed by atoms with Gasteiger partial charge in [0.25, 0.3) is 0 Å². The van der Waals surface area contributed by atoms with Crippen LogP contribution in [0.2, 0.25) is 0 Å². The average molecular weight is 486 g/mol. The number of hydrogen-bond acceptors (Lipinski definition) is 5. The SMILES string of the molecule is COC1CCC(OC)(c2cc(F)cc(OCc3ccc(N(C)C(=O)N4CCNCC4)cc3)c2)CC1. The lowest BCUT2D eigenvalue weighted by molar-refractivity contribution is -0.0764. The fourth-order valence-corrected chi connectivity index (χ4v) is 4.97. The second kappa shape index (κ2) is 11.4. The first-order valence-electron chi connectivity index (χ1n) is 12.3. The zero-order chi connectivity index (χ0) is 24.8. The van der Waals surface area contributed by atoms with E-state index in [2.05, 4.69) is 5.32 Å². The van der Waals surface area contributed by atoms with Crippen LogP contribution in [0.5, 0.6) is 5.75 Å². The second-order valence-electron chi connectivity index (χ2n) is 9.34. The molecule has 1 N–H and O–H groups in total. The van der Waals surface area contributed by atoms with Crippen molar-refractivity contribution in [1.29, 1.82) is 0 Å². The third kappa shape index (κ3) is 5.94. The number of nitrogens with one attached hydrogen (secondary N) is 1. The molecule has 0 unspecified atom stereocenters. The van der Waals surface area contributed by atoms with Crippen molar-refractivity contribution in [3.63, 3.8) is 0 Å². The number of benzene rings is 2. The van der Waals surface area contributed by atoms with Gasteiger partial charge in [0.05, 0.1) is 11.7 Å². The molecule has 1 heterocycles. The summed E-state index contributed by atoms with van der Waals surface area (Å²) < 4.78 is 31.9. The van der Waals surface area contributed by atoms with E-state index in [1.54, 1.807) is 32.2 Å². The molecule has 0 bridgehead atoms. The highest BCUT2D eigenvalue weighted by molar-refractivity contribution is 5.91. The zero-order valence-electron chi connectivity index (χ0n) is 20.9. The number of ether oxygens (including phenoxy) is 3. The number of amides is 2. The summed E-state index contributed by atoms with van der Waals surface area (Å²) in [6, 6.07) is 12.5. The van der Waals surface area contributed by atoms with E-state index in [4.69, 9.17) is 14.2 Å². The lowest BCUT2D eigenvalue weighted by Crippen LogP contribution is -2.50. The molecule has 0 aromatic heterocycles. The zero-order valence-corrected chi connectivity index (χ0v) is 20.9. The lowest BCUT2D eigenvalue weighted by atomic mass is 9.78. The predicted molar refractivity (Wildman–Crippen MR) is 133 cm³/mol.